The molecule has 17 rings (SSSR count). The van der Waals surface area contributed by atoms with Crippen molar-refractivity contribution in [2.45, 2.75) is 200 Å². The smallest absolute Gasteiger partial charge is 0.306 e. The number of allylic oxidation sites excluding steroid dienone is 6. The van der Waals surface area contributed by atoms with Crippen LogP contribution in [0.15, 0.2) is 206 Å². The van der Waals surface area contributed by atoms with E-state index in [1.54, 1.807) is 78.9 Å². The summed E-state index contributed by atoms with van der Waals surface area (Å²) < 4.78 is 138. The molecular weight excluding hydrogens is 1770 g/mol. The number of rotatable bonds is 32. The van der Waals surface area contributed by atoms with E-state index < -0.39 is 34.9 Å². The van der Waals surface area contributed by atoms with E-state index in [4.69, 9.17) is 54.2 Å². The Hall–Kier alpha value is -12.2. The number of aromatic hydroxyl groups is 2. The second-order valence-electron chi connectivity index (χ2n) is 38.6. The van der Waals surface area contributed by atoms with Crippen molar-refractivity contribution in [2.75, 3.05) is 49.8 Å². The molecular formula is C115H125ClF6O15. The van der Waals surface area contributed by atoms with Crippen molar-refractivity contribution in [3.05, 3.63) is 297 Å². The maximum Gasteiger partial charge on any atom is 0.306 e. The van der Waals surface area contributed by atoms with E-state index in [1.165, 1.54) is 86.2 Å². The molecule has 4 atom stereocenters. The highest BCUT2D eigenvalue weighted by Gasteiger charge is 2.40. The molecule has 4 saturated carbocycles. The van der Waals surface area contributed by atoms with Gasteiger partial charge in [0.05, 0.1) is 81.3 Å². The van der Waals surface area contributed by atoms with Gasteiger partial charge in [0.25, 0.3) is 0 Å². The molecule has 15 nitrogen and oxygen atoms in total. The third kappa shape index (κ3) is 26.4. The minimum Gasteiger partial charge on any atom is -0.508 e. The fourth-order valence-electron chi connectivity index (χ4n) is 19.2. The van der Waals surface area contributed by atoms with Gasteiger partial charge in [-0.15, -0.1) is 11.6 Å². The van der Waals surface area contributed by atoms with Gasteiger partial charge in [-0.05, 0) is 365 Å². The molecule has 22 heteroatoms. The van der Waals surface area contributed by atoms with Gasteiger partial charge in [-0.25, -0.2) is 26.3 Å². The van der Waals surface area contributed by atoms with Crippen LogP contribution in [0.5, 0.6) is 40.2 Å². The molecule has 7 aliphatic carbocycles. The number of phenolic OH excluding ortho intramolecular Hbond substituents is 2. The number of benzene rings is 10. The summed E-state index contributed by atoms with van der Waals surface area (Å²) in [6.45, 7) is 13.0. The topological polar surface area (TPSA) is 192 Å². The number of phenols is 2. The predicted octanol–water partition coefficient (Wildman–Crippen LogP) is 28.4. The summed E-state index contributed by atoms with van der Waals surface area (Å²) in [6, 6.07) is 52.8. The zero-order valence-corrected chi connectivity index (χ0v) is 81.2. The summed E-state index contributed by atoms with van der Waals surface area (Å²) in [6.07, 6.45) is 22.7. The Morgan fingerprint density at radius 1 is 0.321 bits per heavy atom. The van der Waals surface area contributed by atoms with Crippen LogP contribution >= 0.6 is 11.6 Å². The van der Waals surface area contributed by atoms with E-state index in [0.717, 1.165) is 146 Å². The van der Waals surface area contributed by atoms with Gasteiger partial charge >= 0.3 is 23.9 Å². The number of carbonyl (C=O) groups is 4. The average molecular weight is 1900 g/mol. The van der Waals surface area contributed by atoms with Crippen molar-refractivity contribution in [1.82, 2.24) is 0 Å². The number of alkyl halides is 1. The Morgan fingerprint density at radius 3 is 0.839 bits per heavy atom. The molecule has 0 saturated heterocycles. The summed E-state index contributed by atoms with van der Waals surface area (Å²) in [7, 11) is 10.2. The van der Waals surface area contributed by atoms with E-state index >= 15 is 17.6 Å². The molecule has 0 heterocycles. The van der Waals surface area contributed by atoms with Gasteiger partial charge in [-0.1, -0.05) is 108 Å². The van der Waals surface area contributed by atoms with Gasteiger partial charge in [0.15, 0.2) is 0 Å². The number of esters is 4. The molecule has 10 aromatic carbocycles. The number of carbonyl (C=O) groups excluding carboxylic acids is 4. The minimum absolute atomic E-state index is 0.0158. The molecule has 0 aliphatic heterocycles. The van der Waals surface area contributed by atoms with Crippen molar-refractivity contribution in [3.63, 3.8) is 0 Å². The van der Waals surface area contributed by atoms with Crippen molar-refractivity contribution >= 4 is 52.2 Å². The first-order valence-corrected chi connectivity index (χ1v) is 47.7. The first-order valence-electron chi connectivity index (χ1n) is 47.2. The maximum absolute atomic E-state index is 15.6. The van der Waals surface area contributed by atoms with Gasteiger partial charge in [0.1, 0.15) is 88.4 Å². The summed E-state index contributed by atoms with van der Waals surface area (Å²) in [5, 5.41) is 18.9. The molecule has 7 aliphatic rings. The molecule has 2 N–H and O–H groups in total. The molecule has 0 amide bonds. The zero-order chi connectivity index (χ0) is 98.2. The molecule has 0 spiro atoms. The number of methoxy groups -OCH3 is 7. The minimum atomic E-state index is -0.463. The first-order chi connectivity index (χ1) is 65.7. The fraction of sp³-hybridized carbons (Fsp3) is 0.391. The lowest BCUT2D eigenvalue weighted by atomic mass is 9.79. The lowest BCUT2D eigenvalue weighted by Crippen LogP contribution is -2.11. The van der Waals surface area contributed by atoms with Gasteiger partial charge in [0.2, 0.25) is 0 Å². The van der Waals surface area contributed by atoms with Crippen LogP contribution in [0, 0.1) is 74.8 Å². The normalized spacial score (nSPS) is 16.7. The van der Waals surface area contributed by atoms with Crippen LogP contribution in [0.4, 0.5) is 26.3 Å². The Labute approximate surface area is 805 Å². The zero-order valence-electron chi connectivity index (χ0n) is 80.4. The average Bonchev–Trinajstić information content (AvgIpc) is 1.76. The lowest BCUT2D eigenvalue weighted by molar-refractivity contribution is -0.142. The lowest BCUT2D eigenvalue weighted by Gasteiger charge is -2.26. The van der Waals surface area contributed by atoms with Crippen LogP contribution < -0.4 is 23.7 Å². The van der Waals surface area contributed by atoms with E-state index in [9.17, 15) is 38.2 Å². The SMILES string of the molecule is COC(=O)C[C@@H](c1cccc(O)c1)C1CC1.COC(=O)C[C@@H](c1cccc(OCc2cc(C3=CCCC3(C)C)c(-c3cc(OC)ccc3F)cc2F)c1)C1CC1.COC(=O)C[C@H](c1cccc(O)c1)C1CC1.COC(=O)C[C@H](c1cccc(OCc2cc(C3=CCCC3(C)C)c(-c3cc(OC)ccc3F)cc2F)c1)C1CC1.COc1ccc(F)c(-c2cc(F)c(CCl)cc2C2=CCCC2(C)C)c1. The molecule has 724 valence electrons. The highest BCUT2D eigenvalue weighted by atomic mass is 35.5. The third-order valence-electron chi connectivity index (χ3n) is 27.7. The van der Waals surface area contributed by atoms with Gasteiger partial charge in [-0.2, -0.15) is 0 Å². The van der Waals surface area contributed by atoms with Gasteiger partial charge in [0, 0.05) is 33.4 Å². The number of ether oxygens (including phenoxy) is 9. The molecule has 137 heavy (non-hydrogen) atoms. The summed E-state index contributed by atoms with van der Waals surface area (Å²) in [4.78, 5) is 46.7. The van der Waals surface area contributed by atoms with Crippen LogP contribution in [-0.4, -0.2) is 83.9 Å². The quantitative estimate of drug-likeness (QED) is 0.0175. The second kappa shape index (κ2) is 45.8. The van der Waals surface area contributed by atoms with Gasteiger partial charge < -0.3 is 52.8 Å². The summed E-state index contributed by atoms with van der Waals surface area (Å²) in [5.74, 6) is 2.51. The molecule has 0 aromatic heterocycles. The molecule has 0 unspecified atom stereocenters. The van der Waals surface area contributed by atoms with Crippen LogP contribution in [0.1, 0.15) is 236 Å². The van der Waals surface area contributed by atoms with Crippen molar-refractivity contribution in [3.8, 4) is 73.6 Å². The number of halogens is 7. The van der Waals surface area contributed by atoms with E-state index in [2.05, 4.69) is 59.8 Å². The van der Waals surface area contributed by atoms with Crippen LogP contribution in [0.3, 0.4) is 0 Å². The Bertz CT molecular complexity index is 5780. The van der Waals surface area contributed by atoms with Crippen LogP contribution in [0.2, 0.25) is 0 Å². The van der Waals surface area contributed by atoms with Gasteiger partial charge in [-0.3, -0.25) is 19.2 Å². The second-order valence-corrected chi connectivity index (χ2v) is 38.8. The van der Waals surface area contributed by atoms with Crippen molar-refractivity contribution < 1.29 is 98.4 Å². The standard InChI is InChI=1S/2C34H36F2O4.C21H21ClF2O.2C13H16O3/c2*1-34(2)14-6-9-30(34)28-16-23(32(36)18-27(28)29-17-24(38-3)12-13-31(29)35)20-40-25-8-5-7-22(15-25)26(21-10-11-21)19-33(37)39-4;1-21(2)8-4-5-18(21)16-9-13(12-22)20(24)11-15(16)17-10-14(25-3)6-7-19(17)23;2*1-16-13(15)8-12(9-5-6-9)10-3-2-4-11(14)7-10/h2*5,7-9,12-13,15-18,21,26H,6,10-11,14,19-20H2,1-4H3;5-7,9-11H,4,8,12H2,1-3H3;2*2-4,7,9,12,14H,5-6,8H2,1H3/t2*26-;;2*12-/m10.10/s1. The molecule has 0 radical (unpaired) electrons. The Morgan fingerprint density at radius 2 is 0.591 bits per heavy atom. The molecule has 10 aromatic rings. The van der Waals surface area contributed by atoms with Crippen LogP contribution in [-0.2, 0) is 57.2 Å². The highest BCUT2D eigenvalue weighted by Crippen LogP contribution is 2.54. The fourth-order valence-corrected chi connectivity index (χ4v) is 19.4. The Kier molecular flexibility index (Phi) is 34.2. The monoisotopic (exact) mass is 1890 g/mol. The number of hydrogen-bond donors (Lipinski definition) is 2. The molecule has 0 bridgehead atoms. The summed E-state index contributed by atoms with van der Waals surface area (Å²) in [5.41, 5.74) is 13.2. The van der Waals surface area contributed by atoms with Crippen molar-refractivity contribution in [1.29, 1.82) is 0 Å². The Balaban J connectivity index is 0.000000152. The molecule has 4 fully saturated rings. The van der Waals surface area contributed by atoms with Crippen molar-refractivity contribution in [2.24, 2.45) is 39.9 Å². The largest absolute Gasteiger partial charge is 0.508 e. The summed E-state index contributed by atoms with van der Waals surface area (Å²) >= 11 is 5.91. The maximum atomic E-state index is 15.6. The third-order valence-corrected chi connectivity index (χ3v) is 28.0. The highest BCUT2D eigenvalue weighted by molar-refractivity contribution is 6.17. The van der Waals surface area contributed by atoms with E-state index in [1.807, 2.05) is 72.8 Å². The number of hydrogen-bond acceptors (Lipinski definition) is 15. The predicted molar refractivity (Wildman–Crippen MR) is 524 cm³/mol. The van der Waals surface area contributed by atoms with Crippen LogP contribution in [0.25, 0.3) is 50.1 Å². The van der Waals surface area contributed by atoms with E-state index in [-0.39, 0.29) is 94.4 Å². The van der Waals surface area contributed by atoms with E-state index in [0.29, 0.717) is 128 Å². The first kappa shape index (κ1) is 102.